The molecule has 0 saturated heterocycles. The van der Waals surface area contributed by atoms with Crippen molar-refractivity contribution in [3.8, 4) is 5.75 Å². The first-order chi connectivity index (χ1) is 12.1. The summed E-state index contributed by atoms with van der Waals surface area (Å²) in [6.07, 6.45) is 1.48. The fourth-order valence-corrected chi connectivity index (χ4v) is 2.52. The predicted octanol–water partition coefficient (Wildman–Crippen LogP) is 3.87. The first-order valence-corrected chi connectivity index (χ1v) is 7.97. The molecule has 6 heteroatoms. The van der Waals surface area contributed by atoms with Gasteiger partial charge in [-0.25, -0.2) is 14.8 Å². The Hall–Kier alpha value is -3.15. The van der Waals surface area contributed by atoms with Crippen LogP contribution in [-0.4, -0.2) is 29.7 Å². The molecule has 25 heavy (non-hydrogen) atoms. The van der Waals surface area contributed by atoms with Gasteiger partial charge in [0.2, 0.25) is 0 Å². The molecule has 0 aliphatic rings. The van der Waals surface area contributed by atoms with Gasteiger partial charge in [-0.2, -0.15) is 0 Å². The summed E-state index contributed by atoms with van der Waals surface area (Å²) in [5, 5.41) is 4.04. The topological polar surface area (TPSA) is 73.3 Å². The minimum absolute atomic E-state index is 0.356. The third-order valence-corrected chi connectivity index (χ3v) is 3.71. The quantitative estimate of drug-likeness (QED) is 0.713. The minimum Gasteiger partial charge on any atom is -0.494 e. The number of ether oxygens (including phenoxy) is 2. The number of carbonyl (C=O) groups is 1. The molecule has 0 saturated carbocycles. The summed E-state index contributed by atoms with van der Waals surface area (Å²) >= 11 is 0. The molecule has 0 aliphatic carbocycles. The second-order valence-electron chi connectivity index (χ2n) is 5.44. The molecule has 2 heterocycles. The highest BCUT2D eigenvalue weighted by molar-refractivity contribution is 6.05. The van der Waals surface area contributed by atoms with Crippen LogP contribution in [0.4, 0.5) is 11.4 Å². The van der Waals surface area contributed by atoms with Gasteiger partial charge in [-0.15, -0.1) is 0 Å². The van der Waals surface area contributed by atoms with E-state index in [-0.39, 0.29) is 0 Å². The smallest absolute Gasteiger partial charge is 0.341 e. The Labute approximate surface area is 145 Å². The molecule has 0 aliphatic heterocycles. The van der Waals surface area contributed by atoms with E-state index in [4.69, 9.17) is 9.47 Å². The van der Waals surface area contributed by atoms with Gasteiger partial charge in [0.15, 0.2) is 5.65 Å². The zero-order valence-corrected chi connectivity index (χ0v) is 14.4. The number of carbonyl (C=O) groups excluding carboxylic acids is 1. The number of rotatable bonds is 5. The number of fused-ring (bicyclic) bond motifs is 1. The summed E-state index contributed by atoms with van der Waals surface area (Å²) in [7, 11) is 1.35. The van der Waals surface area contributed by atoms with E-state index in [1.54, 1.807) is 0 Å². The fraction of sp³-hybridized carbons (Fsp3) is 0.211. The van der Waals surface area contributed by atoms with Gasteiger partial charge in [0, 0.05) is 23.0 Å². The Balaban J connectivity index is 2.06. The second kappa shape index (κ2) is 7.17. The van der Waals surface area contributed by atoms with Gasteiger partial charge in [0.25, 0.3) is 0 Å². The summed E-state index contributed by atoms with van der Waals surface area (Å²) in [6, 6.07) is 11.3. The summed E-state index contributed by atoms with van der Waals surface area (Å²) in [4.78, 5) is 20.8. The van der Waals surface area contributed by atoms with Crippen LogP contribution in [0.1, 0.15) is 23.0 Å². The number of pyridine rings is 2. The molecular weight excluding hydrogens is 318 g/mol. The van der Waals surface area contributed by atoms with Gasteiger partial charge >= 0.3 is 5.97 Å². The van der Waals surface area contributed by atoms with Crippen LogP contribution >= 0.6 is 0 Å². The summed E-state index contributed by atoms with van der Waals surface area (Å²) in [5.74, 6) is 0.335. The number of nitrogens with one attached hydrogen (secondary N) is 1. The summed E-state index contributed by atoms with van der Waals surface area (Å²) < 4.78 is 10.3. The first kappa shape index (κ1) is 16.7. The van der Waals surface area contributed by atoms with Crippen molar-refractivity contribution >= 4 is 28.4 Å². The van der Waals surface area contributed by atoms with Crippen LogP contribution in [0, 0.1) is 6.92 Å². The van der Waals surface area contributed by atoms with Gasteiger partial charge in [-0.3, -0.25) is 0 Å². The van der Waals surface area contributed by atoms with Crippen molar-refractivity contribution in [2.45, 2.75) is 13.8 Å². The number of hydrogen-bond acceptors (Lipinski definition) is 6. The largest absolute Gasteiger partial charge is 0.494 e. The van der Waals surface area contributed by atoms with Crippen LogP contribution in [0.15, 0.2) is 42.6 Å². The molecule has 1 N–H and O–H groups in total. The van der Waals surface area contributed by atoms with E-state index in [0.29, 0.717) is 23.5 Å². The zero-order valence-electron chi connectivity index (χ0n) is 14.4. The number of hydrogen-bond donors (Lipinski definition) is 1. The van der Waals surface area contributed by atoms with Gasteiger partial charge in [0.1, 0.15) is 11.3 Å². The van der Waals surface area contributed by atoms with Crippen LogP contribution in [0.5, 0.6) is 5.75 Å². The van der Waals surface area contributed by atoms with E-state index in [9.17, 15) is 4.79 Å². The number of esters is 1. The Morgan fingerprint density at radius 2 is 1.92 bits per heavy atom. The van der Waals surface area contributed by atoms with Gasteiger partial charge in [0.05, 0.1) is 19.4 Å². The molecule has 2 aromatic heterocycles. The minimum atomic E-state index is -0.455. The maximum absolute atomic E-state index is 12.1. The third-order valence-electron chi connectivity index (χ3n) is 3.71. The van der Waals surface area contributed by atoms with Crippen molar-refractivity contribution in [3.05, 3.63) is 53.9 Å². The maximum atomic E-state index is 12.1. The van der Waals surface area contributed by atoms with Crippen LogP contribution < -0.4 is 10.1 Å². The average Bonchev–Trinajstić information content (AvgIpc) is 2.63. The fourth-order valence-electron chi connectivity index (χ4n) is 2.52. The standard InChI is InChI=1S/C19H19N3O3/c1-4-25-14-8-6-13(7-9-14)22-17-15-10-5-12(2)21-18(15)20-11-16(17)19(23)24-3/h5-11H,4H2,1-3H3,(H,20,21,22). The number of nitrogens with zero attached hydrogens (tertiary/aromatic N) is 2. The highest BCUT2D eigenvalue weighted by Gasteiger charge is 2.17. The monoisotopic (exact) mass is 337 g/mol. The number of aromatic nitrogens is 2. The second-order valence-corrected chi connectivity index (χ2v) is 5.44. The lowest BCUT2D eigenvalue weighted by molar-refractivity contribution is 0.0601. The number of aryl methyl sites for hydroxylation is 1. The number of benzene rings is 1. The Morgan fingerprint density at radius 1 is 1.16 bits per heavy atom. The third kappa shape index (κ3) is 3.52. The van der Waals surface area contributed by atoms with Crippen molar-refractivity contribution < 1.29 is 14.3 Å². The number of anilines is 2. The molecule has 128 valence electrons. The highest BCUT2D eigenvalue weighted by atomic mass is 16.5. The summed E-state index contributed by atoms with van der Waals surface area (Å²) in [6.45, 7) is 4.45. The molecule has 0 radical (unpaired) electrons. The van der Waals surface area contributed by atoms with Gasteiger partial charge in [-0.05, 0) is 50.2 Å². The molecular formula is C19H19N3O3. The molecule has 0 amide bonds. The van der Waals surface area contributed by atoms with Crippen molar-refractivity contribution in [2.75, 3.05) is 19.0 Å². The lowest BCUT2D eigenvalue weighted by Crippen LogP contribution is -2.08. The van der Waals surface area contributed by atoms with Crippen molar-refractivity contribution in [3.63, 3.8) is 0 Å². The molecule has 3 aromatic rings. The molecule has 1 aromatic carbocycles. The normalized spacial score (nSPS) is 10.5. The van der Waals surface area contributed by atoms with Crippen molar-refractivity contribution in [2.24, 2.45) is 0 Å². The number of methoxy groups -OCH3 is 1. The lowest BCUT2D eigenvalue weighted by atomic mass is 10.1. The molecule has 0 fully saturated rings. The van der Waals surface area contributed by atoms with Gasteiger partial charge in [-0.1, -0.05) is 0 Å². The van der Waals surface area contributed by atoms with E-state index < -0.39 is 5.97 Å². The van der Waals surface area contributed by atoms with E-state index in [1.165, 1.54) is 13.3 Å². The Kier molecular flexibility index (Phi) is 4.79. The molecule has 0 atom stereocenters. The average molecular weight is 337 g/mol. The van der Waals surface area contributed by atoms with E-state index in [2.05, 4.69) is 15.3 Å². The highest BCUT2D eigenvalue weighted by Crippen LogP contribution is 2.29. The predicted molar refractivity (Wildman–Crippen MR) is 96.5 cm³/mol. The van der Waals surface area contributed by atoms with Gasteiger partial charge < -0.3 is 14.8 Å². The zero-order chi connectivity index (χ0) is 17.8. The molecule has 0 unspecified atom stereocenters. The first-order valence-electron chi connectivity index (χ1n) is 7.97. The van der Waals surface area contributed by atoms with Crippen molar-refractivity contribution in [1.29, 1.82) is 0 Å². The lowest BCUT2D eigenvalue weighted by Gasteiger charge is -2.14. The molecule has 3 rings (SSSR count). The maximum Gasteiger partial charge on any atom is 0.341 e. The SMILES string of the molecule is CCOc1ccc(Nc2c(C(=O)OC)cnc3nc(C)ccc23)cc1. The molecule has 0 bridgehead atoms. The molecule has 6 nitrogen and oxygen atoms in total. The Bertz CT molecular complexity index is 908. The van der Waals surface area contributed by atoms with E-state index in [0.717, 1.165) is 22.5 Å². The van der Waals surface area contributed by atoms with E-state index in [1.807, 2.05) is 50.2 Å². The van der Waals surface area contributed by atoms with Crippen LogP contribution in [-0.2, 0) is 4.74 Å². The van der Waals surface area contributed by atoms with Crippen LogP contribution in [0.25, 0.3) is 11.0 Å². The summed E-state index contributed by atoms with van der Waals surface area (Å²) in [5.41, 5.74) is 3.23. The Morgan fingerprint density at radius 3 is 2.60 bits per heavy atom. The van der Waals surface area contributed by atoms with Crippen LogP contribution in [0.3, 0.4) is 0 Å². The van der Waals surface area contributed by atoms with Crippen LogP contribution in [0.2, 0.25) is 0 Å². The van der Waals surface area contributed by atoms with Crippen molar-refractivity contribution in [1.82, 2.24) is 9.97 Å². The van der Waals surface area contributed by atoms with E-state index >= 15 is 0 Å². The molecule has 0 spiro atoms.